The van der Waals surface area contributed by atoms with E-state index in [1.54, 1.807) is 46.6 Å². The molecule has 0 saturated heterocycles. The molecule has 0 saturated carbocycles. The van der Waals surface area contributed by atoms with Gasteiger partial charge in [0.1, 0.15) is 11.5 Å². The average molecular weight is 476 g/mol. The molecule has 8 nitrogen and oxygen atoms in total. The zero-order valence-corrected chi connectivity index (χ0v) is 20.2. The molecule has 3 aromatic carbocycles. The van der Waals surface area contributed by atoms with E-state index in [4.69, 9.17) is 18.9 Å². The number of rotatable bonds is 9. The quantitative estimate of drug-likeness (QED) is 0.311. The van der Waals surface area contributed by atoms with E-state index in [0.29, 0.717) is 35.2 Å². The van der Waals surface area contributed by atoms with Gasteiger partial charge in [-0.05, 0) is 41.5 Å². The second-order valence-corrected chi connectivity index (χ2v) is 7.86. The van der Waals surface area contributed by atoms with E-state index < -0.39 is 0 Å². The Kier molecular flexibility index (Phi) is 7.30. The number of amides is 2. The van der Waals surface area contributed by atoms with Gasteiger partial charge in [-0.3, -0.25) is 0 Å². The van der Waals surface area contributed by atoms with Crippen LogP contribution in [0.2, 0.25) is 0 Å². The molecule has 4 rings (SSSR count). The molecule has 1 atom stereocenters. The average Bonchev–Trinajstić information content (AvgIpc) is 3.32. The summed E-state index contributed by atoms with van der Waals surface area (Å²) in [6.45, 7) is 0.343. The SMILES string of the molecule is COc1ccc(OC)c(NC(=O)NC[C@H](c2ccc(OC)c(OC)c2)c2c[nH]c3ccccc23)c1. The number of aromatic amines is 1. The maximum absolute atomic E-state index is 12.9. The van der Waals surface area contributed by atoms with Crippen molar-refractivity contribution in [1.82, 2.24) is 10.3 Å². The van der Waals surface area contributed by atoms with Crippen molar-refractivity contribution >= 4 is 22.6 Å². The van der Waals surface area contributed by atoms with Crippen LogP contribution in [0.15, 0.2) is 66.9 Å². The molecule has 35 heavy (non-hydrogen) atoms. The van der Waals surface area contributed by atoms with Crippen LogP contribution in [-0.4, -0.2) is 46.0 Å². The maximum Gasteiger partial charge on any atom is 0.319 e. The van der Waals surface area contributed by atoms with Gasteiger partial charge < -0.3 is 34.6 Å². The summed E-state index contributed by atoms with van der Waals surface area (Å²) in [6.07, 6.45) is 1.98. The molecule has 0 aliphatic carbocycles. The molecule has 1 aromatic heterocycles. The van der Waals surface area contributed by atoms with Gasteiger partial charge in [0, 0.05) is 35.6 Å². The fraction of sp³-hybridized carbons (Fsp3) is 0.222. The summed E-state index contributed by atoms with van der Waals surface area (Å²) in [5.41, 5.74) is 3.58. The number of carbonyl (C=O) groups is 1. The number of para-hydroxylation sites is 1. The van der Waals surface area contributed by atoms with Crippen LogP contribution >= 0.6 is 0 Å². The molecule has 0 aliphatic rings. The van der Waals surface area contributed by atoms with Crippen LogP contribution in [0.4, 0.5) is 10.5 Å². The lowest BCUT2D eigenvalue weighted by atomic mass is 9.90. The van der Waals surface area contributed by atoms with Crippen LogP contribution in [-0.2, 0) is 0 Å². The highest BCUT2D eigenvalue weighted by molar-refractivity contribution is 5.91. The molecule has 182 valence electrons. The first kappa shape index (κ1) is 23.8. The second-order valence-electron chi connectivity index (χ2n) is 7.86. The molecule has 0 unspecified atom stereocenters. The molecule has 0 aliphatic heterocycles. The third kappa shape index (κ3) is 5.11. The van der Waals surface area contributed by atoms with Crippen molar-refractivity contribution < 1.29 is 23.7 Å². The number of methoxy groups -OCH3 is 4. The summed E-state index contributed by atoms with van der Waals surface area (Å²) in [5, 5.41) is 6.95. The van der Waals surface area contributed by atoms with E-state index in [9.17, 15) is 4.79 Å². The van der Waals surface area contributed by atoms with Crippen molar-refractivity contribution in [2.24, 2.45) is 0 Å². The summed E-state index contributed by atoms with van der Waals surface area (Å²) >= 11 is 0. The number of hydrogen-bond donors (Lipinski definition) is 3. The van der Waals surface area contributed by atoms with Crippen LogP contribution in [0.3, 0.4) is 0 Å². The number of aromatic nitrogens is 1. The number of fused-ring (bicyclic) bond motifs is 1. The summed E-state index contributed by atoms with van der Waals surface area (Å²) < 4.78 is 21.6. The Morgan fingerprint density at radius 3 is 2.34 bits per heavy atom. The molecule has 0 radical (unpaired) electrons. The normalized spacial score (nSPS) is 11.5. The Labute approximate surface area is 204 Å². The number of ether oxygens (including phenoxy) is 4. The first-order chi connectivity index (χ1) is 17.1. The minimum atomic E-state index is -0.359. The van der Waals surface area contributed by atoms with Crippen LogP contribution in [0.25, 0.3) is 10.9 Å². The van der Waals surface area contributed by atoms with Crippen LogP contribution in [0.1, 0.15) is 17.0 Å². The predicted molar refractivity (Wildman–Crippen MR) is 136 cm³/mol. The summed E-state index contributed by atoms with van der Waals surface area (Å²) in [7, 11) is 6.33. The van der Waals surface area contributed by atoms with Crippen molar-refractivity contribution in [1.29, 1.82) is 0 Å². The topological polar surface area (TPSA) is 93.8 Å². The smallest absolute Gasteiger partial charge is 0.319 e. The molecule has 8 heteroatoms. The van der Waals surface area contributed by atoms with Gasteiger partial charge in [0.05, 0.1) is 34.1 Å². The van der Waals surface area contributed by atoms with E-state index in [1.165, 1.54) is 0 Å². The van der Waals surface area contributed by atoms with Crippen molar-refractivity contribution in [2.45, 2.75) is 5.92 Å². The first-order valence-electron chi connectivity index (χ1n) is 11.1. The molecule has 4 aromatic rings. The molecule has 1 heterocycles. The minimum absolute atomic E-state index is 0.149. The number of H-pyrrole nitrogens is 1. The molecular weight excluding hydrogens is 446 g/mol. The molecule has 3 N–H and O–H groups in total. The Morgan fingerprint density at radius 1 is 0.857 bits per heavy atom. The maximum atomic E-state index is 12.9. The van der Waals surface area contributed by atoms with Crippen molar-refractivity contribution in [3.05, 3.63) is 78.0 Å². The number of urea groups is 1. The number of anilines is 1. The van der Waals surface area contributed by atoms with E-state index in [1.807, 2.05) is 42.6 Å². The Hall–Kier alpha value is -4.33. The lowest BCUT2D eigenvalue weighted by molar-refractivity contribution is 0.251. The molecule has 0 spiro atoms. The standard InChI is InChI=1S/C27H29N3O5/c1-32-18-10-12-24(33-2)23(14-18)30-27(31)29-15-20(17-9-11-25(34-3)26(13-17)35-4)21-16-28-22-8-6-5-7-19(21)22/h5-14,16,20,28H,15H2,1-4H3,(H2,29,30,31)/t20-/m1/s1. The second kappa shape index (κ2) is 10.7. The highest BCUT2D eigenvalue weighted by Crippen LogP contribution is 2.36. The summed E-state index contributed by atoms with van der Waals surface area (Å²) in [4.78, 5) is 16.2. The van der Waals surface area contributed by atoms with Crippen LogP contribution in [0.5, 0.6) is 23.0 Å². The number of benzene rings is 3. The van der Waals surface area contributed by atoms with Crippen LogP contribution in [0, 0.1) is 0 Å². The molecular formula is C27H29N3O5. The van der Waals surface area contributed by atoms with Gasteiger partial charge in [-0.2, -0.15) is 0 Å². The number of hydrogen-bond acceptors (Lipinski definition) is 5. The van der Waals surface area contributed by atoms with E-state index in [2.05, 4.69) is 21.7 Å². The van der Waals surface area contributed by atoms with Crippen molar-refractivity contribution in [3.8, 4) is 23.0 Å². The molecule has 0 fully saturated rings. The Bertz CT molecular complexity index is 1320. The van der Waals surface area contributed by atoms with E-state index in [-0.39, 0.29) is 11.9 Å². The van der Waals surface area contributed by atoms with E-state index in [0.717, 1.165) is 22.0 Å². The first-order valence-corrected chi connectivity index (χ1v) is 11.1. The Balaban J connectivity index is 1.62. The fourth-order valence-electron chi connectivity index (χ4n) is 4.13. The van der Waals surface area contributed by atoms with Crippen molar-refractivity contribution in [3.63, 3.8) is 0 Å². The van der Waals surface area contributed by atoms with Crippen molar-refractivity contribution in [2.75, 3.05) is 40.3 Å². The monoisotopic (exact) mass is 475 g/mol. The van der Waals surface area contributed by atoms with Gasteiger partial charge in [-0.1, -0.05) is 24.3 Å². The zero-order chi connectivity index (χ0) is 24.8. The van der Waals surface area contributed by atoms with Gasteiger partial charge >= 0.3 is 6.03 Å². The van der Waals surface area contributed by atoms with Gasteiger partial charge in [-0.25, -0.2) is 4.79 Å². The molecule has 0 bridgehead atoms. The highest BCUT2D eigenvalue weighted by atomic mass is 16.5. The van der Waals surface area contributed by atoms with E-state index >= 15 is 0 Å². The van der Waals surface area contributed by atoms with Gasteiger partial charge in [0.2, 0.25) is 0 Å². The predicted octanol–water partition coefficient (Wildman–Crippen LogP) is 5.16. The number of nitrogens with one attached hydrogen (secondary N) is 3. The summed E-state index contributed by atoms with van der Waals surface area (Å²) in [5.74, 6) is 2.27. The third-order valence-corrected chi connectivity index (χ3v) is 5.93. The lowest BCUT2D eigenvalue weighted by Gasteiger charge is -2.20. The highest BCUT2D eigenvalue weighted by Gasteiger charge is 2.21. The number of carbonyl (C=O) groups excluding carboxylic acids is 1. The zero-order valence-electron chi connectivity index (χ0n) is 20.2. The lowest BCUT2D eigenvalue weighted by Crippen LogP contribution is -2.32. The Morgan fingerprint density at radius 2 is 1.60 bits per heavy atom. The van der Waals surface area contributed by atoms with Gasteiger partial charge in [-0.15, -0.1) is 0 Å². The van der Waals surface area contributed by atoms with Crippen LogP contribution < -0.4 is 29.6 Å². The van der Waals surface area contributed by atoms with Gasteiger partial charge in [0.15, 0.2) is 11.5 Å². The molecule has 2 amide bonds. The largest absolute Gasteiger partial charge is 0.497 e. The van der Waals surface area contributed by atoms with Gasteiger partial charge in [0.25, 0.3) is 0 Å². The fourth-order valence-corrected chi connectivity index (χ4v) is 4.13. The third-order valence-electron chi connectivity index (χ3n) is 5.93. The minimum Gasteiger partial charge on any atom is -0.497 e. The summed E-state index contributed by atoms with van der Waals surface area (Å²) in [6, 6.07) is 18.7.